The fourth-order valence-corrected chi connectivity index (χ4v) is 2.46. The van der Waals surface area contributed by atoms with Crippen LogP contribution in [0.25, 0.3) is 0 Å². The van der Waals surface area contributed by atoms with E-state index in [0.717, 1.165) is 12.7 Å². The average Bonchev–Trinajstić information content (AvgIpc) is 2.53. The molecule has 0 aliphatic carbocycles. The Bertz CT molecular complexity index is 426. The minimum atomic E-state index is -3.49. The Morgan fingerprint density at radius 1 is 1.37 bits per heavy atom. The predicted molar refractivity (Wildman–Crippen MR) is 71.3 cm³/mol. The van der Waals surface area contributed by atoms with E-state index < -0.39 is 21.8 Å². The minimum absolute atomic E-state index is 0.0115. The summed E-state index contributed by atoms with van der Waals surface area (Å²) < 4.78 is 32.1. The molecule has 0 bridgehead atoms. The van der Waals surface area contributed by atoms with Gasteiger partial charge in [0.25, 0.3) is 10.1 Å². The molecular weight excluding hydrogens is 270 g/mol. The molecule has 1 heterocycles. The Kier molecular flexibility index (Phi) is 4.84. The van der Waals surface area contributed by atoms with Crippen LogP contribution in [0.4, 0.5) is 4.79 Å². The fraction of sp³-hybridized carbons (Fsp3) is 0.917. The lowest BCUT2D eigenvalue weighted by molar-refractivity contribution is 0.0186. The number of likely N-dealkylation sites (tertiary alicyclic amines) is 1. The number of nitrogens with zero attached hydrogens (tertiary/aromatic N) is 1. The quantitative estimate of drug-likeness (QED) is 0.739. The van der Waals surface area contributed by atoms with Gasteiger partial charge in [-0.25, -0.2) is 4.79 Å². The molecule has 112 valence electrons. The van der Waals surface area contributed by atoms with Crippen LogP contribution in [0.2, 0.25) is 0 Å². The van der Waals surface area contributed by atoms with Crippen LogP contribution in [0.5, 0.6) is 0 Å². The van der Waals surface area contributed by atoms with Gasteiger partial charge < -0.3 is 9.64 Å². The molecule has 7 heteroatoms. The summed E-state index contributed by atoms with van der Waals surface area (Å²) in [5.74, 6) is 0.306. The highest BCUT2D eigenvalue weighted by Gasteiger charge is 2.36. The third-order valence-electron chi connectivity index (χ3n) is 2.73. The smallest absolute Gasteiger partial charge is 0.410 e. The first-order valence-electron chi connectivity index (χ1n) is 6.32. The lowest BCUT2D eigenvalue weighted by Gasteiger charge is -2.28. The topological polar surface area (TPSA) is 72.9 Å². The molecule has 1 fully saturated rings. The first-order chi connectivity index (χ1) is 8.48. The zero-order valence-electron chi connectivity index (χ0n) is 12.2. The Morgan fingerprint density at radius 3 is 2.42 bits per heavy atom. The monoisotopic (exact) mass is 293 g/mol. The lowest BCUT2D eigenvalue weighted by atomic mass is 10.1. The largest absolute Gasteiger partial charge is 0.444 e. The maximum Gasteiger partial charge on any atom is 0.410 e. The van der Waals surface area contributed by atoms with Crippen molar-refractivity contribution in [2.75, 3.05) is 19.4 Å². The standard InChI is InChI=1S/C12H23NO5S/c1-9-6-10(8-17-19(5,15)16)13(7-9)11(14)18-12(2,3)4/h9-10H,6-8H2,1-5H3/t9-,10+/m0/s1. The van der Waals surface area contributed by atoms with Crippen LogP contribution in [0.15, 0.2) is 0 Å². The predicted octanol–water partition coefficient (Wildman–Crippen LogP) is 1.61. The van der Waals surface area contributed by atoms with E-state index in [4.69, 9.17) is 8.92 Å². The second-order valence-electron chi connectivity index (χ2n) is 6.12. The van der Waals surface area contributed by atoms with Gasteiger partial charge in [-0.05, 0) is 33.1 Å². The van der Waals surface area contributed by atoms with Crippen LogP contribution in [0.3, 0.4) is 0 Å². The van der Waals surface area contributed by atoms with Crippen LogP contribution in [0.1, 0.15) is 34.1 Å². The van der Waals surface area contributed by atoms with Gasteiger partial charge in [0.1, 0.15) is 5.60 Å². The second kappa shape index (κ2) is 5.66. The van der Waals surface area contributed by atoms with Gasteiger partial charge in [0.15, 0.2) is 0 Å². The minimum Gasteiger partial charge on any atom is -0.444 e. The van der Waals surface area contributed by atoms with Crippen LogP contribution in [0, 0.1) is 5.92 Å². The number of carbonyl (C=O) groups excluding carboxylic acids is 1. The number of hydrogen-bond donors (Lipinski definition) is 0. The van der Waals surface area contributed by atoms with Crippen LogP contribution in [-0.2, 0) is 19.0 Å². The van der Waals surface area contributed by atoms with Crippen molar-refractivity contribution in [3.63, 3.8) is 0 Å². The molecule has 0 N–H and O–H groups in total. The van der Waals surface area contributed by atoms with E-state index in [2.05, 4.69) is 0 Å². The second-order valence-corrected chi connectivity index (χ2v) is 7.76. The molecule has 1 amide bonds. The maximum atomic E-state index is 12.0. The number of hydrogen-bond acceptors (Lipinski definition) is 5. The summed E-state index contributed by atoms with van der Waals surface area (Å²) in [6, 6.07) is -0.250. The van der Waals surface area contributed by atoms with Crippen LogP contribution >= 0.6 is 0 Å². The van der Waals surface area contributed by atoms with E-state index in [1.54, 1.807) is 25.7 Å². The van der Waals surface area contributed by atoms with Crippen LogP contribution < -0.4 is 0 Å². The fourth-order valence-electron chi connectivity index (χ4n) is 2.06. The van der Waals surface area contributed by atoms with E-state index in [1.807, 2.05) is 6.92 Å². The number of rotatable bonds is 3. The molecule has 0 saturated carbocycles. The van der Waals surface area contributed by atoms with Gasteiger partial charge in [0.05, 0.1) is 18.9 Å². The molecule has 1 rings (SSSR count). The Labute approximate surface area is 115 Å². The molecule has 2 atom stereocenters. The highest BCUT2D eigenvalue weighted by atomic mass is 32.2. The number of carbonyl (C=O) groups is 1. The lowest BCUT2D eigenvalue weighted by Crippen LogP contribution is -2.42. The van der Waals surface area contributed by atoms with Crippen molar-refractivity contribution in [1.82, 2.24) is 4.90 Å². The normalized spacial score (nSPS) is 24.6. The van der Waals surface area contributed by atoms with Gasteiger partial charge in [-0.15, -0.1) is 0 Å². The van der Waals surface area contributed by atoms with Crippen molar-refractivity contribution >= 4 is 16.2 Å². The highest BCUT2D eigenvalue weighted by molar-refractivity contribution is 7.85. The van der Waals surface area contributed by atoms with Gasteiger partial charge in [-0.2, -0.15) is 8.42 Å². The molecule has 1 saturated heterocycles. The first kappa shape index (κ1) is 16.2. The highest BCUT2D eigenvalue weighted by Crippen LogP contribution is 2.25. The summed E-state index contributed by atoms with van der Waals surface area (Å²) in [7, 11) is -3.49. The zero-order chi connectivity index (χ0) is 14.8. The summed E-state index contributed by atoms with van der Waals surface area (Å²) in [5.41, 5.74) is -0.564. The van der Waals surface area contributed by atoms with Gasteiger partial charge in [-0.1, -0.05) is 6.92 Å². The van der Waals surface area contributed by atoms with E-state index in [1.165, 1.54) is 0 Å². The number of ether oxygens (including phenoxy) is 1. The Balaban J connectivity index is 2.66. The molecule has 0 unspecified atom stereocenters. The molecule has 1 aliphatic rings. The third kappa shape index (κ3) is 5.78. The summed E-state index contributed by atoms with van der Waals surface area (Å²) in [4.78, 5) is 13.6. The molecule has 0 aromatic carbocycles. The Morgan fingerprint density at radius 2 is 1.95 bits per heavy atom. The van der Waals surface area contributed by atoms with Crippen molar-refractivity contribution in [3.8, 4) is 0 Å². The zero-order valence-corrected chi connectivity index (χ0v) is 13.0. The van der Waals surface area contributed by atoms with Gasteiger partial charge in [0, 0.05) is 6.54 Å². The summed E-state index contributed by atoms with van der Waals surface area (Å²) in [5, 5.41) is 0. The molecule has 6 nitrogen and oxygen atoms in total. The summed E-state index contributed by atoms with van der Waals surface area (Å²) in [6.07, 6.45) is 1.30. The van der Waals surface area contributed by atoms with Crippen LogP contribution in [-0.4, -0.2) is 50.5 Å². The number of amides is 1. The summed E-state index contributed by atoms with van der Waals surface area (Å²) >= 11 is 0. The molecule has 19 heavy (non-hydrogen) atoms. The van der Waals surface area contributed by atoms with E-state index in [-0.39, 0.29) is 12.6 Å². The van der Waals surface area contributed by atoms with Gasteiger partial charge in [0.2, 0.25) is 0 Å². The molecule has 0 spiro atoms. The van der Waals surface area contributed by atoms with E-state index >= 15 is 0 Å². The van der Waals surface area contributed by atoms with Gasteiger partial charge in [-0.3, -0.25) is 4.18 Å². The van der Waals surface area contributed by atoms with Crippen molar-refractivity contribution in [2.24, 2.45) is 5.92 Å². The maximum absolute atomic E-state index is 12.0. The molecule has 0 aromatic rings. The van der Waals surface area contributed by atoms with E-state index in [9.17, 15) is 13.2 Å². The SMILES string of the molecule is C[C@H]1C[C@H](COS(C)(=O)=O)N(C(=O)OC(C)(C)C)C1. The first-order valence-corrected chi connectivity index (χ1v) is 8.13. The van der Waals surface area contributed by atoms with Crippen molar-refractivity contribution < 1.29 is 22.1 Å². The third-order valence-corrected chi connectivity index (χ3v) is 3.29. The van der Waals surface area contributed by atoms with Crippen molar-refractivity contribution in [3.05, 3.63) is 0 Å². The Hall–Kier alpha value is -0.820. The summed E-state index contributed by atoms with van der Waals surface area (Å²) in [6.45, 7) is 7.96. The van der Waals surface area contributed by atoms with Gasteiger partial charge >= 0.3 is 6.09 Å². The molecule has 0 radical (unpaired) electrons. The van der Waals surface area contributed by atoms with Crippen molar-refractivity contribution in [1.29, 1.82) is 0 Å². The molecular formula is C12H23NO5S. The van der Waals surface area contributed by atoms with E-state index in [0.29, 0.717) is 12.5 Å². The van der Waals surface area contributed by atoms with Crippen molar-refractivity contribution in [2.45, 2.75) is 45.8 Å². The molecule has 0 aromatic heterocycles. The molecule has 1 aliphatic heterocycles. The average molecular weight is 293 g/mol.